The lowest BCUT2D eigenvalue weighted by molar-refractivity contribution is -0.107. The zero-order valence-corrected chi connectivity index (χ0v) is 17.0. The number of hydrogen-bond donors (Lipinski definition) is 0. The van der Waals surface area contributed by atoms with E-state index in [1.54, 1.807) is 0 Å². The third-order valence-corrected chi connectivity index (χ3v) is 10.4. The zero-order chi connectivity index (χ0) is 17.4. The van der Waals surface area contributed by atoms with Gasteiger partial charge < -0.3 is 0 Å². The predicted octanol–water partition coefficient (Wildman–Crippen LogP) is 6.81. The van der Waals surface area contributed by atoms with Crippen LogP contribution in [0.3, 0.4) is 0 Å². The molecule has 0 N–H and O–H groups in total. The summed E-state index contributed by atoms with van der Waals surface area (Å²) in [6, 6.07) is 0. The highest BCUT2D eigenvalue weighted by Gasteiger charge is 2.61. The Balaban J connectivity index is 1.55. The SMILES string of the molecule is C=CCB([C@@H]1C[C@H]2C[C@H]([C@H]1C)C2(C)C)[C@@H]1C[C@H]2C[C@H]([C@H]1C)C2(C)C. The van der Waals surface area contributed by atoms with Gasteiger partial charge in [-0.25, -0.2) is 0 Å². The van der Waals surface area contributed by atoms with E-state index in [9.17, 15) is 0 Å². The number of hydrogen-bond acceptors (Lipinski definition) is 0. The van der Waals surface area contributed by atoms with Gasteiger partial charge in [0, 0.05) is 0 Å². The molecule has 8 atom stereocenters. The molecule has 0 spiro atoms. The van der Waals surface area contributed by atoms with Crippen molar-refractivity contribution in [2.75, 3.05) is 0 Å². The highest BCUT2D eigenvalue weighted by Crippen LogP contribution is 2.69. The fourth-order valence-electron chi connectivity index (χ4n) is 8.37. The van der Waals surface area contributed by atoms with Crippen LogP contribution < -0.4 is 0 Å². The third-order valence-electron chi connectivity index (χ3n) is 10.4. The second-order valence-electron chi connectivity index (χ2n) is 11.4. The lowest BCUT2D eigenvalue weighted by atomic mass is 9.20. The molecule has 0 heterocycles. The van der Waals surface area contributed by atoms with E-state index in [2.05, 4.69) is 54.2 Å². The molecule has 1 heteroatoms. The topological polar surface area (TPSA) is 0 Å². The predicted molar refractivity (Wildman–Crippen MR) is 107 cm³/mol. The fourth-order valence-corrected chi connectivity index (χ4v) is 8.37. The molecule has 4 bridgehead atoms. The van der Waals surface area contributed by atoms with E-state index < -0.39 is 0 Å². The van der Waals surface area contributed by atoms with E-state index in [1.165, 1.54) is 32.0 Å². The van der Waals surface area contributed by atoms with Gasteiger partial charge in [-0.05, 0) is 59.2 Å². The minimum Gasteiger partial charge on any atom is -0.104 e. The van der Waals surface area contributed by atoms with Crippen LogP contribution >= 0.6 is 0 Å². The van der Waals surface area contributed by atoms with Gasteiger partial charge in [0.25, 0.3) is 0 Å². The highest BCUT2D eigenvalue weighted by atomic mass is 14.6. The summed E-state index contributed by atoms with van der Waals surface area (Å²) in [4.78, 5) is 0. The van der Waals surface area contributed by atoms with Crippen LogP contribution in [0.2, 0.25) is 18.0 Å². The first kappa shape index (κ1) is 17.2. The van der Waals surface area contributed by atoms with Crippen LogP contribution in [0, 0.1) is 46.3 Å². The molecule has 0 nitrogen and oxygen atoms in total. The minimum atomic E-state index is 0.622. The van der Waals surface area contributed by atoms with Crippen LogP contribution in [-0.4, -0.2) is 6.71 Å². The van der Waals surface area contributed by atoms with Gasteiger partial charge in [-0.15, -0.1) is 6.58 Å². The molecule has 6 aliphatic carbocycles. The molecule has 134 valence electrons. The number of rotatable bonds is 4. The van der Waals surface area contributed by atoms with Crippen molar-refractivity contribution in [3.63, 3.8) is 0 Å². The zero-order valence-electron chi connectivity index (χ0n) is 17.0. The van der Waals surface area contributed by atoms with Gasteiger partial charge in [0.05, 0.1) is 0 Å². The Labute approximate surface area is 151 Å². The van der Waals surface area contributed by atoms with Crippen molar-refractivity contribution in [1.82, 2.24) is 0 Å². The standard InChI is InChI=1S/C23H39B/c1-8-9-24(20-12-16-10-18(14(20)2)22(16,4)5)21-13-17-11-19(15(21)3)23(17,6)7/h8,14-21H,1,9-13H2,2-7H3/t14-,15-,16-,17-,18-,19-,20-,21-/m1/s1. The van der Waals surface area contributed by atoms with Crippen LogP contribution in [0.5, 0.6) is 0 Å². The monoisotopic (exact) mass is 326 g/mol. The molecule has 0 unspecified atom stereocenters. The van der Waals surface area contributed by atoms with Gasteiger partial charge in [-0.2, -0.15) is 0 Å². The Morgan fingerprint density at radius 3 is 1.54 bits per heavy atom. The maximum Gasteiger partial charge on any atom is 0.150 e. The quantitative estimate of drug-likeness (QED) is 0.393. The van der Waals surface area contributed by atoms with Gasteiger partial charge in [0.2, 0.25) is 0 Å². The van der Waals surface area contributed by atoms with E-state index in [0.717, 1.165) is 53.9 Å². The lowest BCUT2D eigenvalue weighted by Crippen LogP contribution is -2.59. The molecular formula is C23H39B. The summed E-state index contributed by atoms with van der Waals surface area (Å²) >= 11 is 0. The molecule has 0 aromatic rings. The lowest BCUT2D eigenvalue weighted by Gasteiger charge is -2.66. The van der Waals surface area contributed by atoms with Crippen LogP contribution in [0.4, 0.5) is 0 Å². The minimum absolute atomic E-state index is 0.622. The molecular weight excluding hydrogens is 287 g/mol. The molecule has 0 aromatic carbocycles. The molecule has 6 aliphatic rings. The summed E-state index contributed by atoms with van der Waals surface area (Å²) in [6.45, 7) is 20.4. The Morgan fingerprint density at radius 2 is 1.25 bits per heavy atom. The fraction of sp³-hybridized carbons (Fsp3) is 0.913. The van der Waals surface area contributed by atoms with Crippen LogP contribution in [0.15, 0.2) is 12.7 Å². The van der Waals surface area contributed by atoms with Crippen molar-refractivity contribution in [3.8, 4) is 0 Å². The summed E-state index contributed by atoms with van der Waals surface area (Å²) in [5, 5.41) is 0. The maximum absolute atomic E-state index is 4.16. The van der Waals surface area contributed by atoms with Crippen molar-refractivity contribution < 1.29 is 0 Å². The molecule has 6 saturated carbocycles. The number of fused-ring (bicyclic) bond motifs is 4. The average molecular weight is 326 g/mol. The second-order valence-corrected chi connectivity index (χ2v) is 11.4. The summed E-state index contributed by atoms with van der Waals surface area (Å²) in [5.74, 6) is 7.75. The first-order valence-corrected chi connectivity index (χ1v) is 10.8. The third kappa shape index (κ3) is 2.11. The molecule has 0 aromatic heterocycles. The Bertz CT molecular complexity index is 476. The van der Waals surface area contributed by atoms with Gasteiger partial charge in [-0.1, -0.05) is 78.4 Å². The van der Waals surface area contributed by atoms with Crippen molar-refractivity contribution >= 4 is 6.71 Å². The number of allylic oxidation sites excluding steroid dienone is 1. The highest BCUT2D eigenvalue weighted by molar-refractivity contribution is 6.62. The molecule has 24 heavy (non-hydrogen) atoms. The van der Waals surface area contributed by atoms with Crippen molar-refractivity contribution in [2.24, 2.45) is 46.3 Å². The maximum atomic E-state index is 4.16. The van der Waals surface area contributed by atoms with Gasteiger partial charge in [-0.3, -0.25) is 0 Å². The van der Waals surface area contributed by atoms with Gasteiger partial charge in [0.15, 0.2) is 6.71 Å². The van der Waals surface area contributed by atoms with Crippen molar-refractivity contribution in [3.05, 3.63) is 12.7 Å². The van der Waals surface area contributed by atoms with E-state index in [4.69, 9.17) is 0 Å². The van der Waals surface area contributed by atoms with Gasteiger partial charge >= 0.3 is 0 Å². The van der Waals surface area contributed by atoms with E-state index in [0.29, 0.717) is 10.8 Å². The Hall–Kier alpha value is -0.195. The largest absolute Gasteiger partial charge is 0.150 e. The van der Waals surface area contributed by atoms with Crippen LogP contribution in [-0.2, 0) is 0 Å². The molecule has 0 aliphatic heterocycles. The van der Waals surface area contributed by atoms with Crippen LogP contribution in [0.25, 0.3) is 0 Å². The molecule has 0 saturated heterocycles. The molecule has 0 radical (unpaired) electrons. The van der Waals surface area contributed by atoms with Crippen molar-refractivity contribution in [2.45, 2.75) is 85.2 Å². The van der Waals surface area contributed by atoms with E-state index in [-0.39, 0.29) is 0 Å². The Morgan fingerprint density at radius 1 is 0.833 bits per heavy atom. The summed E-state index contributed by atoms with van der Waals surface area (Å²) in [6.07, 6.45) is 9.56. The first-order valence-electron chi connectivity index (χ1n) is 10.8. The summed E-state index contributed by atoms with van der Waals surface area (Å²) in [5.41, 5.74) is 1.24. The van der Waals surface area contributed by atoms with Crippen LogP contribution in [0.1, 0.15) is 67.2 Å². The summed E-state index contributed by atoms with van der Waals surface area (Å²) in [7, 11) is 0. The van der Waals surface area contributed by atoms with Crippen molar-refractivity contribution in [1.29, 1.82) is 0 Å². The molecule has 6 rings (SSSR count). The Kier molecular flexibility index (Phi) is 3.88. The van der Waals surface area contributed by atoms with Gasteiger partial charge in [0.1, 0.15) is 0 Å². The summed E-state index contributed by atoms with van der Waals surface area (Å²) < 4.78 is 0. The normalized spacial score (nSPS) is 50.4. The smallest absolute Gasteiger partial charge is 0.104 e. The van der Waals surface area contributed by atoms with E-state index in [1.807, 2.05) is 0 Å². The van der Waals surface area contributed by atoms with E-state index >= 15 is 0 Å². The first-order chi connectivity index (χ1) is 11.2. The average Bonchev–Trinajstić information content (AvgIpc) is 2.52. The second kappa shape index (κ2) is 5.40. The molecule has 6 fully saturated rings. The molecule has 0 amide bonds.